The van der Waals surface area contributed by atoms with E-state index in [1.807, 2.05) is 49.5 Å². The van der Waals surface area contributed by atoms with Crippen molar-refractivity contribution in [2.45, 2.75) is 6.54 Å². The Hall–Kier alpha value is -1.12. The maximum atomic E-state index is 5.99. The number of hydrogen-bond acceptors (Lipinski definition) is 1. The highest BCUT2D eigenvalue weighted by atomic mass is 35.5. The third-order valence-corrected chi connectivity index (χ3v) is 3.32. The first-order chi connectivity index (χ1) is 8.68. The molecule has 0 saturated heterocycles. The maximum absolute atomic E-state index is 5.99. The second kappa shape index (κ2) is 6.17. The lowest BCUT2D eigenvalue weighted by Gasteiger charge is -2.22. The van der Waals surface area contributed by atoms with Crippen molar-refractivity contribution in [3.05, 3.63) is 60.2 Å². The monoisotopic (exact) mass is 277 g/mol. The molecule has 0 radical (unpaired) electrons. The molecule has 0 bridgehead atoms. The summed E-state index contributed by atoms with van der Waals surface area (Å²) in [7, 11) is 2.04. The van der Waals surface area contributed by atoms with E-state index >= 15 is 0 Å². The van der Waals surface area contributed by atoms with E-state index in [1.54, 1.807) is 0 Å². The second-order valence-corrected chi connectivity index (χ2v) is 5.30. The van der Waals surface area contributed by atoms with Gasteiger partial charge in [0, 0.05) is 19.3 Å². The quantitative estimate of drug-likeness (QED) is 0.774. The summed E-state index contributed by atoms with van der Waals surface area (Å²) in [5, 5.41) is 0. The van der Waals surface area contributed by atoms with E-state index in [0.29, 0.717) is 0 Å². The van der Waals surface area contributed by atoms with Crippen LogP contribution in [0.5, 0.6) is 0 Å². The average molecular weight is 278 g/mol. The molecule has 0 aromatic heterocycles. The molecule has 18 heavy (non-hydrogen) atoms. The van der Waals surface area contributed by atoms with E-state index in [-0.39, 0.29) is 0 Å². The Kier molecular flexibility index (Phi) is 4.57. The fourth-order valence-electron chi connectivity index (χ4n) is 1.96. The van der Waals surface area contributed by atoms with E-state index in [9.17, 15) is 0 Å². The summed E-state index contributed by atoms with van der Waals surface area (Å²) in [4.78, 5) is 2.16. The minimum Gasteiger partial charge on any atom is -0.371 e. The molecule has 2 rings (SSSR count). The molecule has 2 aromatic carbocycles. The molecule has 4 heteroatoms. The van der Waals surface area contributed by atoms with Gasteiger partial charge in [-0.15, -0.1) is 0 Å². The van der Waals surface area contributed by atoms with Crippen LogP contribution in [0.1, 0.15) is 5.56 Å². The topological polar surface area (TPSA) is 3.24 Å². The lowest BCUT2D eigenvalue weighted by molar-refractivity contribution is 0.927. The first kappa shape index (κ1) is 13.3. The summed E-state index contributed by atoms with van der Waals surface area (Å²) in [6.45, 7) is 0.832. The molecule has 0 heterocycles. The summed E-state index contributed by atoms with van der Waals surface area (Å²) in [5.74, 6) is 0. The number of benzene rings is 2. The van der Waals surface area contributed by atoms with E-state index in [4.69, 9.17) is 22.9 Å². The zero-order valence-electron chi connectivity index (χ0n) is 10.2. The molecule has 92 valence electrons. The second-order valence-electron chi connectivity index (χ2n) is 4.20. The van der Waals surface area contributed by atoms with Gasteiger partial charge in [-0.3, -0.25) is 0 Å². The van der Waals surface area contributed by atoms with E-state index in [2.05, 4.69) is 17.0 Å². The van der Waals surface area contributed by atoms with Crippen molar-refractivity contribution in [1.29, 1.82) is 0 Å². The van der Waals surface area contributed by atoms with Crippen molar-refractivity contribution in [3.8, 4) is 0 Å². The predicted molar refractivity (Wildman–Crippen MR) is 82.1 cm³/mol. The van der Waals surface area contributed by atoms with Gasteiger partial charge in [0.05, 0.1) is 0 Å². The van der Waals surface area contributed by atoms with Crippen molar-refractivity contribution in [1.82, 2.24) is 0 Å². The fraction of sp³-hybridized carbons (Fsp3) is 0.143. The van der Waals surface area contributed by atoms with Crippen LogP contribution in [-0.4, -0.2) is 12.6 Å². The molecule has 0 atom stereocenters. The lowest BCUT2D eigenvalue weighted by atomic mass is 9.90. The Labute approximate surface area is 118 Å². The molecule has 0 fully saturated rings. The maximum Gasteiger partial charge on any atom is 0.384 e. The summed E-state index contributed by atoms with van der Waals surface area (Å²) in [5.41, 5.74) is 2.77. The largest absolute Gasteiger partial charge is 0.384 e. The van der Waals surface area contributed by atoms with Crippen LogP contribution in [0.2, 0.25) is 0 Å². The lowest BCUT2D eigenvalue weighted by Crippen LogP contribution is -2.28. The molecule has 0 spiro atoms. The summed E-state index contributed by atoms with van der Waals surface area (Å²) < 4.78 is 0. The zero-order valence-corrected chi connectivity index (χ0v) is 11.7. The molecule has 0 aliphatic carbocycles. The highest BCUT2D eigenvalue weighted by molar-refractivity contribution is 7.39. The Morgan fingerprint density at radius 1 is 0.944 bits per heavy atom. The van der Waals surface area contributed by atoms with Crippen LogP contribution in [0.15, 0.2) is 54.6 Å². The van der Waals surface area contributed by atoms with Crippen LogP contribution < -0.4 is 10.4 Å². The van der Waals surface area contributed by atoms with Crippen LogP contribution >= 0.6 is 22.9 Å². The van der Waals surface area contributed by atoms with Gasteiger partial charge in [0.15, 0.2) is 0 Å². The van der Waals surface area contributed by atoms with Crippen LogP contribution in [0, 0.1) is 0 Å². The number of hydrogen-bond donors (Lipinski definition) is 0. The molecule has 0 amide bonds. The van der Waals surface area contributed by atoms with E-state index < -0.39 is 5.54 Å². The van der Waals surface area contributed by atoms with Gasteiger partial charge >= 0.3 is 5.54 Å². The molecule has 2 aromatic rings. The smallest absolute Gasteiger partial charge is 0.371 e. The molecule has 0 aliphatic rings. The van der Waals surface area contributed by atoms with Crippen LogP contribution in [0.3, 0.4) is 0 Å². The number of para-hydroxylation sites is 1. The standard InChI is InChI=1S/C14H14BCl2N/c1-18(11-12-7-3-2-4-8-12)14-10-6-5-9-13(14)15(16)17/h2-10H,11H2,1H3. The Bertz CT molecular complexity index is 502. The van der Waals surface area contributed by atoms with E-state index in [1.165, 1.54) is 5.56 Å². The number of anilines is 1. The first-order valence-electron chi connectivity index (χ1n) is 5.80. The summed E-state index contributed by atoms with van der Waals surface area (Å²) >= 11 is 12.0. The third kappa shape index (κ3) is 3.21. The summed E-state index contributed by atoms with van der Waals surface area (Å²) in [6.07, 6.45) is 0. The van der Waals surface area contributed by atoms with Crippen molar-refractivity contribution in [3.63, 3.8) is 0 Å². The Morgan fingerprint density at radius 2 is 1.56 bits per heavy atom. The van der Waals surface area contributed by atoms with Gasteiger partial charge in [-0.05, 0) is 17.1 Å². The molecule has 0 unspecified atom stereocenters. The van der Waals surface area contributed by atoms with Crippen LogP contribution in [0.4, 0.5) is 5.69 Å². The third-order valence-electron chi connectivity index (χ3n) is 2.85. The Morgan fingerprint density at radius 3 is 2.22 bits per heavy atom. The van der Waals surface area contributed by atoms with Gasteiger partial charge in [0.1, 0.15) is 0 Å². The molecule has 0 saturated carbocycles. The number of rotatable bonds is 4. The minimum atomic E-state index is -0.501. The van der Waals surface area contributed by atoms with Crippen molar-refractivity contribution in [2.24, 2.45) is 0 Å². The predicted octanol–water partition coefficient (Wildman–Crippen LogP) is 3.50. The van der Waals surface area contributed by atoms with E-state index in [0.717, 1.165) is 17.7 Å². The van der Waals surface area contributed by atoms with Gasteiger partial charge in [0.2, 0.25) is 0 Å². The van der Waals surface area contributed by atoms with Gasteiger partial charge in [-0.25, -0.2) is 0 Å². The molecule has 0 aliphatic heterocycles. The van der Waals surface area contributed by atoms with Crippen molar-refractivity contribution in [2.75, 3.05) is 11.9 Å². The Balaban J connectivity index is 2.21. The fourth-order valence-corrected chi connectivity index (χ4v) is 2.33. The van der Waals surface area contributed by atoms with Gasteiger partial charge < -0.3 is 4.90 Å². The van der Waals surface area contributed by atoms with Crippen LogP contribution in [-0.2, 0) is 6.54 Å². The zero-order chi connectivity index (χ0) is 13.0. The summed E-state index contributed by atoms with van der Waals surface area (Å²) in [6, 6.07) is 18.3. The highest BCUT2D eigenvalue weighted by Crippen LogP contribution is 2.15. The molecular weight excluding hydrogens is 264 g/mol. The minimum absolute atomic E-state index is 0.501. The normalized spacial score (nSPS) is 10.2. The highest BCUT2D eigenvalue weighted by Gasteiger charge is 2.16. The SMILES string of the molecule is CN(Cc1ccccc1)c1ccccc1B(Cl)Cl. The number of halogens is 2. The van der Waals surface area contributed by atoms with Crippen molar-refractivity contribution >= 4 is 39.6 Å². The van der Waals surface area contributed by atoms with Gasteiger partial charge in [0.25, 0.3) is 0 Å². The van der Waals surface area contributed by atoms with Crippen LogP contribution in [0.25, 0.3) is 0 Å². The van der Waals surface area contributed by atoms with Gasteiger partial charge in [-0.2, -0.15) is 22.9 Å². The molecule has 0 N–H and O–H groups in total. The molecular formula is C14H14BCl2N. The number of nitrogens with zero attached hydrogens (tertiary/aromatic N) is 1. The average Bonchev–Trinajstić information content (AvgIpc) is 2.40. The van der Waals surface area contributed by atoms with Gasteiger partial charge in [-0.1, -0.05) is 48.5 Å². The molecule has 1 nitrogen and oxygen atoms in total. The first-order valence-corrected chi connectivity index (χ1v) is 6.68. The van der Waals surface area contributed by atoms with Crippen molar-refractivity contribution < 1.29 is 0 Å².